The van der Waals surface area contributed by atoms with E-state index in [2.05, 4.69) is 0 Å². The normalized spacial score (nSPS) is 10.5. The minimum Gasteiger partial charge on any atom is -0.496 e. The van der Waals surface area contributed by atoms with Gasteiger partial charge in [0, 0.05) is 12.6 Å². The number of carboxylic acid groups (broad SMARTS) is 1. The predicted molar refractivity (Wildman–Crippen MR) is 67.6 cm³/mol. The fourth-order valence-electron chi connectivity index (χ4n) is 1.97. The van der Waals surface area contributed by atoms with E-state index in [1.807, 2.05) is 13.0 Å². The van der Waals surface area contributed by atoms with Crippen LogP contribution in [0.5, 0.6) is 5.75 Å². The van der Waals surface area contributed by atoms with Crippen molar-refractivity contribution in [2.45, 2.75) is 6.92 Å². The van der Waals surface area contributed by atoms with Gasteiger partial charge in [0.15, 0.2) is 5.69 Å². The molecule has 0 fully saturated rings. The van der Waals surface area contributed by atoms with Gasteiger partial charge in [0.2, 0.25) is 0 Å². The molecule has 19 heavy (non-hydrogen) atoms. The van der Waals surface area contributed by atoms with Crippen molar-refractivity contribution in [1.82, 2.24) is 4.74 Å². The average molecular weight is 263 g/mol. The smallest absolute Gasteiger partial charge is 0.366 e. The summed E-state index contributed by atoms with van der Waals surface area (Å²) in [5.74, 6) is -0.807. The number of carboxylic acids is 1. The van der Waals surface area contributed by atoms with E-state index in [4.69, 9.17) is 9.26 Å². The Labute approximate surface area is 108 Å². The molecule has 1 heterocycles. The summed E-state index contributed by atoms with van der Waals surface area (Å²) in [5.41, 5.74) is 0.387. The standard InChI is InChI=1S/C13H13NO5/c1-7-4-5-9(18-3)8(6-7)10-11(12(15)16)14(2)19-13(10)17/h4-6H,1-3H3,(H,15,16). The summed E-state index contributed by atoms with van der Waals surface area (Å²) in [4.78, 5) is 23.1. The predicted octanol–water partition coefficient (Wildman–Crippen LogP) is 1.66. The minimum atomic E-state index is -1.23. The van der Waals surface area contributed by atoms with Crippen LogP contribution < -0.4 is 10.4 Å². The highest BCUT2D eigenvalue weighted by Crippen LogP contribution is 2.31. The molecule has 6 nitrogen and oxygen atoms in total. The second kappa shape index (κ2) is 4.64. The van der Waals surface area contributed by atoms with Gasteiger partial charge in [-0.05, 0) is 19.1 Å². The maximum atomic E-state index is 11.8. The maximum Gasteiger partial charge on any atom is 0.366 e. The fraction of sp³-hybridized carbons (Fsp3) is 0.231. The highest BCUT2D eigenvalue weighted by molar-refractivity contribution is 5.94. The Morgan fingerprint density at radius 2 is 2.11 bits per heavy atom. The van der Waals surface area contributed by atoms with Crippen LogP contribution >= 0.6 is 0 Å². The van der Waals surface area contributed by atoms with Gasteiger partial charge in [-0.3, -0.25) is 0 Å². The van der Waals surface area contributed by atoms with Crippen LogP contribution in [0.3, 0.4) is 0 Å². The van der Waals surface area contributed by atoms with Crippen LogP contribution in [-0.4, -0.2) is 22.9 Å². The largest absolute Gasteiger partial charge is 0.496 e. The number of methoxy groups -OCH3 is 1. The molecule has 0 atom stereocenters. The van der Waals surface area contributed by atoms with E-state index in [1.54, 1.807) is 12.1 Å². The van der Waals surface area contributed by atoms with Crippen molar-refractivity contribution in [3.8, 4) is 16.9 Å². The Kier molecular flexibility index (Phi) is 3.16. The van der Waals surface area contributed by atoms with E-state index in [1.165, 1.54) is 14.2 Å². The van der Waals surface area contributed by atoms with Gasteiger partial charge in [-0.1, -0.05) is 11.6 Å². The first-order chi connectivity index (χ1) is 8.95. The molecule has 1 aromatic heterocycles. The molecule has 2 aromatic rings. The van der Waals surface area contributed by atoms with Gasteiger partial charge in [-0.15, -0.1) is 0 Å². The Bertz CT molecular complexity index is 696. The van der Waals surface area contributed by atoms with E-state index in [0.717, 1.165) is 10.3 Å². The van der Waals surface area contributed by atoms with Crippen molar-refractivity contribution in [2.24, 2.45) is 7.05 Å². The summed E-state index contributed by atoms with van der Waals surface area (Å²) >= 11 is 0. The van der Waals surface area contributed by atoms with Crippen molar-refractivity contribution in [3.05, 3.63) is 39.9 Å². The number of rotatable bonds is 3. The van der Waals surface area contributed by atoms with Gasteiger partial charge < -0.3 is 14.4 Å². The van der Waals surface area contributed by atoms with Crippen LogP contribution in [-0.2, 0) is 7.05 Å². The molecule has 2 rings (SSSR count). The van der Waals surface area contributed by atoms with Crippen LogP contribution in [0.25, 0.3) is 11.1 Å². The number of aryl methyl sites for hydroxylation is 2. The van der Waals surface area contributed by atoms with Crippen molar-refractivity contribution >= 4 is 5.97 Å². The molecule has 1 aromatic carbocycles. The molecular formula is C13H13NO5. The van der Waals surface area contributed by atoms with Crippen molar-refractivity contribution < 1.29 is 19.2 Å². The first-order valence-electron chi connectivity index (χ1n) is 5.54. The van der Waals surface area contributed by atoms with E-state index >= 15 is 0 Å². The van der Waals surface area contributed by atoms with E-state index in [-0.39, 0.29) is 11.3 Å². The number of aromatic nitrogens is 1. The molecule has 0 aliphatic rings. The maximum absolute atomic E-state index is 11.8. The summed E-state index contributed by atoms with van der Waals surface area (Å²) in [7, 11) is 2.83. The first kappa shape index (κ1) is 12.9. The number of benzene rings is 1. The van der Waals surface area contributed by atoms with Crippen LogP contribution in [0.15, 0.2) is 27.5 Å². The zero-order chi connectivity index (χ0) is 14.2. The molecule has 0 saturated carbocycles. The van der Waals surface area contributed by atoms with Crippen LogP contribution in [0.4, 0.5) is 0 Å². The topological polar surface area (TPSA) is 81.7 Å². The molecule has 6 heteroatoms. The van der Waals surface area contributed by atoms with Crippen molar-refractivity contribution in [1.29, 1.82) is 0 Å². The zero-order valence-electron chi connectivity index (χ0n) is 10.8. The van der Waals surface area contributed by atoms with Crippen LogP contribution in [0, 0.1) is 6.92 Å². The van der Waals surface area contributed by atoms with Gasteiger partial charge in [0.25, 0.3) is 0 Å². The van der Waals surface area contributed by atoms with Gasteiger partial charge >= 0.3 is 11.6 Å². The summed E-state index contributed by atoms with van der Waals surface area (Å²) in [5, 5.41) is 9.19. The Hall–Kier alpha value is -2.50. The van der Waals surface area contributed by atoms with Crippen molar-refractivity contribution in [2.75, 3.05) is 7.11 Å². The molecule has 0 radical (unpaired) electrons. The third-order valence-electron chi connectivity index (χ3n) is 2.80. The summed E-state index contributed by atoms with van der Waals surface area (Å²) < 4.78 is 10.9. The molecule has 0 aliphatic heterocycles. The molecule has 0 saturated heterocycles. The number of hydrogen-bond acceptors (Lipinski definition) is 4. The second-order valence-corrected chi connectivity index (χ2v) is 4.11. The monoisotopic (exact) mass is 263 g/mol. The number of carbonyl (C=O) groups is 1. The molecule has 0 spiro atoms. The highest BCUT2D eigenvalue weighted by atomic mass is 16.5. The molecule has 100 valence electrons. The number of aromatic carboxylic acids is 1. The van der Waals surface area contributed by atoms with E-state index in [9.17, 15) is 14.7 Å². The summed E-state index contributed by atoms with van der Waals surface area (Å²) in [6, 6.07) is 5.19. The Balaban J connectivity index is 2.82. The van der Waals surface area contributed by atoms with Gasteiger partial charge in [0.1, 0.15) is 11.3 Å². The average Bonchev–Trinajstić information content (AvgIpc) is 2.64. The Morgan fingerprint density at radius 3 is 2.68 bits per heavy atom. The molecule has 0 amide bonds. The lowest BCUT2D eigenvalue weighted by Gasteiger charge is -2.07. The minimum absolute atomic E-state index is 0.00412. The molecular weight excluding hydrogens is 250 g/mol. The SMILES string of the molecule is COc1ccc(C)cc1-c1c(C(=O)O)n(C)oc1=O. The quantitative estimate of drug-likeness (QED) is 0.910. The van der Waals surface area contributed by atoms with Gasteiger partial charge in [0.05, 0.1) is 7.11 Å². The van der Waals surface area contributed by atoms with Crippen LogP contribution in [0.1, 0.15) is 16.1 Å². The third kappa shape index (κ3) is 2.12. The zero-order valence-corrected chi connectivity index (χ0v) is 10.8. The lowest BCUT2D eigenvalue weighted by Crippen LogP contribution is -2.07. The Morgan fingerprint density at radius 1 is 1.42 bits per heavy atom. The number of nitrogens with zero attached hydrogens (tertiary/aromatic N) is 1. The number of ether oxygens (including phenoxy) is 1. The lowest BCUT2D eigenvalue weighted by atomic mass is 10.0. The third-order valence-corrected chi connectivity index (χ3v) is 2.80. The second-order valence-electron chi connectivity index (χ2n) is 4.11. The molecule has 0 aliphatic carbocycles. The van der Waals surface area contributed by atoms with E-state index in [0.29, 0.717) is 11.3 Å². The van der Waals surface area contributed by atoms with Gasteiger partial charge in [-0.25, -0.2) is 14.3 Å². The number of hydrogen-bond donors (Lipinski definition) is 1. The summed E-state index contributed by atoms with van der Waals surface area (Å²) in [6.07, 6.45) is 0. The fourth-order valence-corrected chi connectivity index (χ4v) is 1.97. The van der Waals surface area contributed by atoms with Crippen molar-refractivity contribution in [3.63, 3.8) is 0 Å². The molecule has 0 unspecified atom stereocenters. The molecule has 0 bridgehead atoms. The van der Waals surface area contributed by atoms with Gasteiger partial charge in [-0.2, -0.15) is 0 Å². The van der Waals surface area contributed by atoms with E-state index < -0.39 is 11.6 Å². The van der Waals surface area contributed by atoms with Crippen LogP contribution in [0.2, 0.25) is 0 Å². The molecule has 1 N–H and O–H groups in total. The summed E-state index contributed by atoms with van der Waals surface area (Å²) in [6.45, 7) is 1.84. The lowest BCUT2D eigenvalue weighted by molar-refractivity contribution is 0.0673. The highest BCUT2D eigenvalue weighted by Gasteiger charge is 2.25. The first-order valence-corrected chi connectivity index (χ1v) is 5.54.